The molecule has 94 valence electrons. The molecule has 0 saturated heterocycles. The van der Waals surface area contributed by atoms with Crippen molar-refractivity contribution in [3.8, 4) is 0 Å². The molecule has 0 aliphatic heterocycles. The second kappa shape index (κ2) is 5.19. The Bertz CT molecular complexity index is 349. The van der Waals surface area contributed by atoms with Crippen molar-refractivity contribution in [3.63, 3.8) is 0 Å². The third kappa shape index (κ3) is 3.08. The summed E-state index contributed by atoms with van der Waals surface area (Å²) in [5.74, 6) is 1.81. The zero-order valence-corrected chi connectivity index (χ0v) is 11.1. The van der Waals surface area contributed by atoms with Crippen LogP contribution in [0.1, 0.15) is 31.9 Å². The summed E-state index contributed by atoms with van der Waals surface area (Å²) in [6.45, 7) is 5.74. The predicted octanol–water partition coefficient (Wildman–Crippen LogP) is 2.66. The van der Waals surface area contributed by atoms with Crippen LogP contribution in [0.5, 0.6) is 0 Å². The first-order valence-corrected chi connectivity index (χ1v) is 6.60. The van der Waals surface area contributed by atoms with Crippen molar-refractivity contribution in [1.29, 1.82) is 0 Å². The van der Waals surface area contributed by atoms with Gasteiger partial charge in [-0.15, -0.1) is 0 Å². The van der Waals surface area contributed by atoms with Gasteiger partial charge in [0.2, 0.25) is 0 Å². The molecule has 1 saturated carbocycles. The van der Waals surface area contributed by atoms with E-state index in [9.17, 15) is 0 Å². The molecule has 1 fully saturated rings. The van der Waals surface area contributed by atoms with Crippen LogP contribution in [0.15, 0.2) is 30.3 Å². The maximum absolute atomic E-state index is 6.33. The summed E-state index contributed by atoms with van der Waals surface area (Å²) in [5.41, 5.74) is 7.56. The highest BCUT2D eigenvalue weighted by atomic mass is 15.1. The Hall–Kier alpha value is -0.860. The van der Waals surface area contributed by atoms with Crippen LogP contribution in [0.25, 0.3) is 0 Å². The molecule has 17 heavy (non-hydrogen) atoms. The standard InChI is InChI=1S/C15H24N2/c1-11-9-14(11)10-17(3)12(2)15(16)13-7-5-4-6-8-13/h4-8,11-12,14-15H,9-10,16H2,1-3H3. The van der Waals surface area contributed by atoms with Gasteiger partial charge >= 0.3 is 0 Å². The molecular weight excluding hydrogens is 208 g/mol. The second-order valence-corrected chi connectivity index (χ2v) is 5.59. The zero-order chi connectivity index (χ0) is 12.4. The van der Waals surface area contributed by atoms with Crippen molar-refractivity contribution in [2.45, 2.75) is 32.4 Å². The third-order valence-corrected chi connectivity index (χ3v) is 4.20. The van der Waals surface area contributed by atoms with Gasteiger partial charge in [0.1, 0.15) is 0 Å². The minimum Gasteiger partial charge on any atom is -0.323 e. The van der Waals surface area contributed by atoms with Crippen LogP contribution in [-0.4, -0.2) is 24.5 Å². The van der Waals surface area contributed by atoms with Crippen molar-refractivity contribution in [3.05, 3.63) is 35.9 Å². The van der Waals surface area contributed by atoms with Crippen LogP contribution < -0.4 is 5.73 Å². The quantitative estimate of drug-likeness (QED) is 0.845. The Labute approximate surface area is 105 Å². The second-order valence-electron chi connectivity index (χ2n) is 5.59. The third-order valence-electron chi connectivity index (χ3n) is 4.20. The van der Waals surface area contributed by atoms with Gasteiger partial charge in [0.05, 0.1) is 0 Å². The van der Waals surface area contributed by atoms with Crippen LogP contribution >= 0.6 is 0 Å². The lowest BCUT2D eigenvalue weighted by Crippen LogP contribution is -2.39. The fraction of sp³-hybridized carbons (Fsp3) is 0.600. The fourth-order valence-electron chi connectivity index (χ4n) is 2.42. The van der Waals surface area contributed by atoms with Gasteiger partial charge in [-0.25, -0.2) is 0 Å². The van der Waals surface area contributed by atoms with Crippen LogP contribution in [-0.2, 0) is 0 Å². The number of hydrogen-bond donors (Lipinski definition) is 1. The fourth-order valence-corrected chi connectivity index (χ4v) is 2.42. The first-order valence-electron chi connectivity index (χ1n) is 6.60. The molecular formula is C15H24N2. The molecule has 4 unspecified atom stereocenters. The summed E-state index contributed by atoms with van der Waals surface area (Å²) in [5, 5.41) is 0. The van der Waals surface area contributed by atoms with Crippen LogP contribution in [0, 0.1) is 11.8 Å². The SMILES string of the molecule is CC1CC1CN(C)C(C)C(N)c1ccccc1. The minimum absolute atomic E-state index is 0.107. The normalized spacial score (nSPS) is 26.9. The van der Waals surface area contributed by atoms with E-state index in [1.807, 2.05) is 6.07 Å². The Morgan fingerprint density at radius 2 is 1.94 bits per heavy atom. The molecule has 0 spiro atoms. The van der Waals surface area contributed by atoms with Gasteiger partial charge in [0.25, 0.3) is 0 Å². The lowest BCUT2D eigenvalue weighted by Gasteiger charge is -2.30. The van der Waals surface area contributed by atoms with E-state index in [4.69, 9.17) is 5.73 Å². The van der Waals surface area contributed by atoms with Gasteiger partial charge in [0.15, 0.2) is 0 Å². The average Bonchev–Trinajstić information content (AvgIpc) is 3.04. The molecule has 0 bridgehead atoms. The molecule has 2 N–H and O–H groups in total. The highest BCUT2D eigenvalue weighted by molar-refractivity contribution is 5.19. The summed E-state index contributed by atoms with van der Waals surface area (Å²) in [6, 6.07) is 10.9. The molecule has 2 rings (SSSR count). The lowest BCUT2D eigenvalue weighted by atomic mass is 10.0. The van der Waals surface area contributed by atoms with E-state index in [-0.39, 0.29) is 6.04 Å². The molecule has 0 radical (unpaired) electrons. The predicted molar refractivity (Wildman–Crippen MR) is 72.7 cm³/mol. The molecule has 0 heterocycles. The smallest absolute Gasteiger partial charge is 0.0450 e. The van der Waals surface area contributed by atoms with Gasteiger partial charge in [-0.05, 0) is 37.8 Å². The zero-order valence-electron chi connectivity index (χ0n) is 11.1. The van der Waals surface area contributed by atoms with Crippen molar-refractivity contribution in [1.82, 2.24) is 4.90 Å². The Balaban J connectivity index is 1.92. The summed E-state index contributed by atoms with van der Waals surface area (Å²) < 4.78 is 0. The number of benzene rings is 1. The largest absolute Gasteiger partial charge is 0.323 e. The molecule has 1 aromatic carbocycles. The molecule has 4 atom stereocenters. The van der Waals surface area contributed by atoms with Gasteiger partial charge in [-0.1, -0.05) is 37.3 Å². The van der Waals surface area contributed by atoms with Crippen molar-refractivity contribution in [2.75, 3.05) is 13.6 Å². The number of hydrogen-bond acceptors (Lipinski definition) is 2. The van der Waals surface area contributed by atoms with E-state index in [0.717, 1.165) is 11.8 Å². The van der Waals surface area contributed by atoms with Gasteiger partial charge in [-0.2, -0.15) is 0 Å². The van der Waals surface area contributed by atoms with Gasteiger partial charge < -0.3 is 10.6 Å². The van der Waals surface area contributed by atoms with Crippen LogP contribution in [0.2, 0.25) is 0 Å². The summed E-state index contributed by atoms with van der Waals surface area (Å²) in [7, 11) is 2.19. The maximum atomic E-state index is 6.33. The topological polar surface area (TPSA) is 29.3 Å². The maximum Gasteiger partial charge on any atom is 0.0450 e. The average molecular weight is 232 g/mol. The summed E-state index contributed by atoms with van der Waals surface area (Å²) >= 11 is 0. The number of nitrogens with zero attached hydrogens (tertiary/aromatic N) is 1. The molecule has 0 aromatic heterocycles. The van der Waals surface area contributed by atoms with E-state index < -0.39 is 0 Å². The highest BCUT2D eigenvalue weighted by Crippen LogP contribution is 2.38. The van der Waals surface area contributed by atoms with Crippen molar-refractivity contribution in [2.24, 2.45) is 17.6 Å². The Morgan fingerprint density at radius 1 is 1.35 bits per heavy atom. The highest BCUT2D eigenvalue weighted by Gasteiger charge is 2.34. The molecule has 1 aliphatic carbocycles. The van der Waals surface area contributed by atoms with Crippen LogP contribution in [0.4, 0.5) is 0 Å². The Kier molecular flexibility index (Phi) is 3.85. The first-order chi connectivity index (χ1) is 8.09. The lowest BCUT2D eigenvalue weighted by molar-refractivity contribution is 0.216. The van der Waals surface area contributed by atoms with Gasteiger partial charge in [0, 0.05) is 18.6 Å². The molecule has 2 nitrogen and oxygen atoms in total. The van der Waals surface area contributed by atoms with Crippen molar-refractivity contribution < 1.29 is 0 Å². The van der Waals surface area contributed by atoms with Crippen LogP contribution in [0.3, 0.4) is 0 Å². The number of likely N-dealkylation sites (N-methyl/N-ethyl adjacent to an activating group) is 1. The van der Waals surface area contributed by atoms with Crippen molar-refractivity contribution >= 4 is 0 Å². The van der Waals surface area contributed by atoms with E-state index in [1.165, 1.54) is 18.5 Å². The minimum atomic E-state index is 0.107. The van der Waals surface area contributed by atoms with E-state index in [1.54, 1.807) is 0 Å². The summed E-state index contributed by atoms with van der Waals surface area (Å²) in [6.07, 6.45) is 1.39. The van der Waals surface area contributed by atoms with E-state index >= 15 is 0 Å². The summed E-state index contributed by atoms with van der Waals surface area (Å²) in [4.78, 5) is 2.41. The molecule has 2 heteroatoms. The number of nitrogens with two attached hydrogens (primary N) is 1. The number of rotatable bonds is 5. The molecule has 0 amide bonds. The first kappa shape index (κ1) is 12.6. The molecule has 1 aromatic rings. The Morgan fingerprint density at radius 3 is 2.47 bits per heavy atom. The van der Waals surface area contributed by atoms with Gasteiger partial charge in [-0.3, -0.25) is 0 Å². The van der Waals surface area contributed by atoms with E-state index in [0.29, 0.717) is 6.04 Å². The van der Waals surface area contributed by atoms with E-state index in [2.05, 4.69) is 50.1 Å². The monoisotopic (exact) mass is 232 g/mol. The molecule has 1 aliphatic rings.